The number of halogens is 12. The molecule has 0 aliphatic carbocycles. The van der Waals surface area contributed by atoms with Crippen molar-refractivity contribution in [2.45, 2.75) is 26.2 Å². The molecule has 0 spiro atoms. The zero-order valence-corrected chi connectivity index (χ0v) is 40.9. The van der Waals surface area contributed by atoms with E-state index in [1.165, 1.54) is 11.1 Å². The van der Waals surface area contributed by atoms with Gasteiger partial charge in [0.25, 0.3) is 0 Å². The Morgan fingerprint density at radius 2 is 0.585 bits per heavy atom. The smallest absolute Gasteiger partial charge is 0.335 e. The van der Waals surface area contributed by atoms with Crippen LogP contribution in [0.3, 0.4) is 0 Å². The normalized spacial score (nSPS) is 14.8. The Balaban J connectivity index is 0.000000219. The van der Waals surface area contributed by atoms with Crippen molar-refractivity contribution in [3.05, 3.63) is 204 Å². The Kier molecular flexibility index (Phi) is 15.3. The third-order valence-electron chi connectivity index (χ3n) is 8.71. The van der Waals surface area contributed by atoms with Crippen LogP contribution in [0, 0.1) is 36.0 Å². The minimum Gasteiger partial charge on any atom is -0.335 e. The van der Waals surface area contributed by atoms with Crippen molar-refractivity contribution < 1.29 is 78.0 Å². The Hall–Kier alpha value is -5.54. The van der Waals surface area contributed by atoms with E-state index in [-0.39, 0.29) is 27.7 Å². The fraction of sp³-hybridized carbons (Fsp3) is 0.0909. The summed E-state index contributed by atoms with van der Waals surface area (Å²) in [7, 11) is -21.3. The van der Waals surface area contributed by atoms with Crippen molar-refractivity contribution >= 4 is 38.4 Å². The van der Waals surface area contributed by atoms with E-state index in [0.29, 0.717) is 24.2 Å². The summed E-state index contributed by atoms with van der Waals surface area (Å²) in [6.45, 7) is 9.73. The van der Waals surface area contributed by atoms with Crippen molar-refractivity contribution in [1.82, 2.24) is 0 Å². The molecular weight excluding hydrogens is 1100 g/mol. The first kappa shape index (κ1) is 52.1. The molecule has 2 heterocycles. The SMILES string of the molecule is F[P-](F)(F)(F)(F)F.F[P-](F)(F)(F)(F)F.N#Cc1ccccc1CN1[C]N(Cc2ccccc2)c2ccccc21.N#Cc1ccccc1CN1[C]N(Cc2ccccc2)c2ccccc21.[Hg+2]. The molecule has 21 heteroatoms. The second-order valence-corrected chi connectivity index (χ2v) is 17.8. The molecule has 0 fully saturated rings. The quantitative estimate of drug-likeness (QED) is 0.0860. The predicted molar refractivity (Wildman–Crippen MR) is 226 cm³/mol. The standard InChI is InChI=1S/2C22H17N3.2F6P.Hg/c2*23-14-19-10-4-5-11-20(19)16-25-17-24(15-18-8-2-1-3-9-18)21-12-6-7-13-22(21)25;2*1-7(2,3,4,5)6;/h2*1-13H,15-16H2;;;/q;;2*-1;+2. The first-order chi connectivity index (χ1) is 29.6. The molecule has 0 atom stereocenters. The Labute approximate surface area is 387 Å². The summed E-state index contributed by atoms with van der Waals surface area (Å²) in [4.78, 5) is 8.46. The molecule has 2 aliphatic heterocycles. The largest absolute Gasteiger partial charge is 2.00 e. The van der Waals surface area contributed by atoms with Crippen LogP contribution in [0.4, 0.5) is 73.1 Å². The van der Waals surface area contributed by atoms with E-state index in [1.807, 2.05) is 84.9 Å². The maximum absolute atomic E-state index is 10.7. The van der Waals surface area contributed by atoms with Crippen LogP contribution in [0.1, 0.15) is 33.4 Å². The Morgan fingerprint density at radius 1 is 0.354 bits per heavy atom. The molecule has 6 aromatic rings. The summed E-state index contributed by atoms with van der Waals surface area (Å²) < 4.78 is 118. The minimum atomic E-state index is -10.7. The van der Waals surface area contributed by atoms with Gasteiger partial charge in [0, 0.05) is 26.2 Å². The second kappa shape index (κ2) is 19.1. The average Bonchev–Trinajstić information content (AvgIpc) is 3.73. The number of rotatable bonds is 8. The van der Waals surface area contributed by atoms with E-state index in [2.05, 4.69) is 118 Å². The van der Waals surface area contributed by atoms with E-state index >= 15 is 0 Å². The third kappa shape index (κ3) is 19.2. The van der Waals surface area contributed by atoms with Crippen molar-refractivity contribution in [2.75, 3.05) is 19.6 Å². The molecule has 4 radical (unpaired) electrons. The van der Waals surface area contributed by atoms with Gasteiger partial charge in [-0.15, -0.1) is 0 Å². The van der Waals surface area contributed by atoms with Gasteiger partial charge in [-0.05, 0) is 58.7 Å². The molecule has 336 valence electrons. The van der Waals surface area contributed by atoms with Crippen molar-refractivity contribution in [3.8, 4) is 12.1 Å². The van der Waals surface area contributed by atoms with E-state index in [4.69, 9.17) is 0 Å². The summed E-state index contributed by atoms with van der Waals surface area (Å²) in [6.07, 6.45) is 0. The topological polar surface area (TPSA) is 60.5 Å². The number of para-hydroxylation sites is 4. The van der Waals surface area contributed by atoms with Crippen LogP contribution < -0.4 is 19.6 Å². The van der Waals surface area contributed by atoms with Crippen LogP contribution in [0.2, 0.25) is 0 Å². The van der Waals surface area contributed by atoms with Gasteiger partial charge in [-0.2, -0.15) is 10.5 Å². The first-order valence-corrected chi connectivity index (χ1v) is 22.6. The van der Waals surface area contributed by atoms with Gasteiger partial charge in [-0.1, -0.05) is 121 Å². The monoisotopic (exact) mass is 1140 g/mol. The fourth-order valence-corrected chi connectivity index (χ4v) is 6.24. The van der Waals surface area contributed by atoms with Gasteiger partial charge in [0.15, 0.2) is 0 Å². The first-order valence-electron chi connectivity index (χ1n) is 18.6. The van der Waals surface area contributed by atoms with E-state index in [1.54, 1.807) is 0 Å². The minimum absolute atomic E-state index is 0. The van der Waals surface area contributed by atoms with Crippen LogP contribution in [0.5, 0.6) is 0 Å². The molecule has 0 unspecified atom stereocenters. The molecule has 8 rings (SSSR count). The fourth-order valence-electron chi connectivity index (χ4n) is 6.24. The molecule has 65 heavy (non-hydrogen) atoms. The molecule has 0 N–H and O–H groups in total. The Morgan fingerprint density at radius 3 is 0.862 bits per heavy atom. The molecule has 0 saturated heterocycles. The van der Waals surface area contributed by atoms with Gasteiger partial charge >= 0.3 is 93.6 Å². The molecule has 0 bridgehead atoms. The second-order valence-electron chi connectivity index (χ2n) is 13.9. The maximum atomic E-state index is 9.87. The molecule has 6 nitrogen and oxygen atoms in total. The number of benzene rings is 6. The molecule has 6 aromatic carbocycles. The number of nitrogens with zero attached hydrogens (tertiary/aromatic N) is 6. The number of nitriles is 2. The number of hydrogen-bond donors (Lipinski definition) is 0. The van der Waals surface area contributed by atoms with E-state index in [9.17, 15) is 60.9 Å². The van der Waals surface area contributed by atoms with Crippen molar-refractivity contribution in [1.29, 1.82) is 10.5 Å². The number of anilines is 4. The molecule has 0 amide bonds. The maximum Gasteiger partial charge on any atom is 2.00 e. The van der Waals surface area contributed by atoms with Crippen LogP contribution in [0.25, 0.3) is 0 Å². The average molecular weight is 1140 g/mol. The van der Waals surface area contributed by atoms with Gasteiger partial charge < -0.3 is 19.6 Å². The number of fused-ring (bicyclic) bond motifs is 2. The van der Waals surface area contributed by atoms with Crippen molar-refractivity contribution in [3.63, 3.8) is 0 Å². The molecule has 0 saturated carbocycles. The Bertz CT molecular complexity index is 2430. The number of hydrogen-bond acceptors (Lipinski definition) is 6. The zero-order chi connectivity index (χ0) is 46.9. The summed E-state index contributed by atoms with van der Waals surface area (Å²) in [5, 5.41) is 18.7. The summed E-state index contributed by atoms with van der Waals surface area (Å²) in [5.41, 5.74) is 10.4. The third-order valence-corrected chi connectivity index (χ3v) is 8.71. The zero-order valence-electron chi connectivity index (χ0n) is 33.7. The molecule has 0 aromatic heterocycles. The van der Waals surface area contributed by atoms with Crippen LogP contribution in [-0.4, -0.2) is 0 Å². The summed E-state index contributed by atoms with van der Waals surface area (Å²) in [6, 6.07) is 57.4. The van der Waals surface area contributed by atoms with Crippen molar-refractivity contribution in [2.24, 2.45) is 0 Å². The van der Waals surface area contributed by atoms with Gasteiger partial charge in [-0.25, -0.2) is 0 Å². The molecular formula is C44H34F12HgN6P2. The van der Waals surface area contributed by atoms with Crippen LogP contribution in [-0.2, 0) is 53.8 Å². The van der Waals surface area contributed by atoms with Crippen LogP contribution in [0.15, 0.2) is 158 Å². The van der Waals surface area contributed by atoms with Gasteiger partial charge in [0.05, 0.1) is 46.0 Å². The van der Waals surface area contributed by atoms with Gasteiger partial charge in [0.2, 0.25) is 13.3 Å². The van der Waals surface area contributed by atoms with E-state index in [0.717, 1.165) is 47.0 Å². The summed E-state index contributed by atoms with van der Waals surface area (Å²) >= 11 is 0. The van der Waals surface area contributed by atoms with Gasteiger partial charge in [-0.3, -0.25) is 0 Å². The van der Waals surface area contributed by atoms with Crippen LogP contribution >= 0.6 is 15.6 Å². The summed E-state index contributed by atoms with van der Waals surface area (Å²) in [5.74, 6) is 0. The van der Waals surface area contributed by atoms with Gasteiger partial charge in [0.1, 0.15) is 0 Å². The molecule has 2 aliphatic rings. The predicted octanol–water partition coefficient (Wildman–Crippen LogP) is 15.9. The van der Waals surface area contributed by atoms with E-state index < -0.39 is 15.6 Å².